The maximum absolute atomic E-state index is 12.5. The lowest BCUT2D eigenvalue weighted by Gasteiger charge is -2.16. The van der Waals surface area contributed by atoms with Gasteiger partial charge in [-0.2, -0.15) is 13.2 Å². The summed E-state index contributed by atoms with van der Waals surface area (Å²) in [6, 6.07) is 0.418. The summed E-state index contributed by atoms with van der Waals surface area (Å²) in [5, 5.41) is -0.324. The Balaban J connectivity index is 3.08. The lowest BCUT2D eigenvalue weighted by Crippen LogP contribution is -2.28. The molecular weight excluding hydrogens is 222 g/mol. The molecule has 0 aromatic heterocycles. The van der Waals surface area contributed by atoms with Crippen molar-refractivity contribution in [3.05, 3.63) is 34.6 Å². The van der Waals surface area contributed by atoms with Gasteiger partial charge in [0.2, 0.25) is 0 Å². The minimum absolute atomic E-state index is 0.324. The Morgan fingerprint density at radius 1 is 1.29 bits per heavy atom. The zero-order chi connectivity index (χ0) is 10.9. The van der Waals surface area contributed by atoms with E-state index in [4.69, 9.17) is 17.3 Å². The number of benzene rings is 1. The maximum Gasteiger partial charge on any atom is 0.407 e. The largest absolute Gasteiger partial charge is 0.407 e. The van der Waals surface area contributed by atoms with Crippen molar-refractivity contribution < 1.29 is 17.6 Å². The molecule has 0 amide bonds. The Morgan fingerprint density at radius 3 is 2.29 bits per heavy atom. The lowest BCUT2D eigenvalue weighted by atomic mass is 10.1. The van der Waals surface area contributed by atoms with Gasteiger partial charge in [0.15, 0.2) is 0 Å². The van der Waals surface area contributed by atoms with Crippen molar-refractivity contribution in [1.29, 1.82) is 0 Å². The third-order valence-corrected chi connectivity index (χ3v) is 1.98. The van der Waals surface area contributed by atoms with E-state index in [-0.39, 0.29) is 10.6 Å². The van der Waals surface area contributed by atoms with E-state index in [2.05, 4.69) is 0 Å². The Bertz CT molecular complexity index is 337. The van der Waals surface area contributed by atoms with Crippen LogP contribution in [0.5, 0.6) is 0 Å². The molecule has 0 aliphatic carbocycles. The highest BCUT2D eigenvalue weighted by Crippen LogP contribution is 2.34. The maximum atomic E-state index is 12.5. The third-order valence-electron chi connectivity index (χ3n) is 1.65. The summed E-state index contributed by atoms with van der Waals surface area (Å²) in [5.74, 6) is -0.701. The van der Waals surface area contributed by atoms with Crippen LogP contribution < -0.4 is 5.73 Å². The van der Waals surface area contributed by atoms with Gasteiger partial charge in [-0.05, 0) is 17.7 Å². The summed E-state index contributed by atoms with van der Waals surface area (Å²) in [6.45, 7) is 0. The summed E-state index contributed by atoms with van der Waals surface area (Å²) >= 11 is 5.41. The molecule has 1 aromatic rings. The third kappa shape index (κ3) is 2.36. The molecule has 1 atom stereocenters. The van der Waals surface area contributed by atoms with Crippen LogP contribution in [0.15, 0.2) is 18.2 Å². The van der Waals surface area contributed by atoms with Gasteiger partial charge in [0.1, 0.15) is 11.9 Å². The fraction of sp³-hybridized carbons (Fsp3) is 0.250. The van der Waals surface area contributed by atoms with Gasteiger partial charge in [-0.25, -0.2) is 4.39 Å². The molecule has 0 unspecified atom stereocenters. The molecule has 1 aromatic carbocycles. The Morgan fingerprint density at radius 2 is 1.86 bits per heavy atom. The fourth-order valence-corrected chi connectivity index (χ4v) is 1.21. The van der Waals surface area contributed by atoms with Gasteiger partial charge < -0.3 is 5.73 Å². The first-order valence-corrected chi connectivity index (χ1v) is 3.97. The van der Waals surface area contributed by atoms with Crippen molar-refractivity contribution in [1.82, 2.24) is 0 Å². The number of rotatable bonds is 1. The molecule has 1 nitrogen and oxygen atoms in total. The zero-order valence-corrected chi connectivity index (χ0v) is 7.53. The molecule has 78 valence electrons. The summed E-state index contributed by atoms with van der Waals surface area (Å²) in [6.07, 6.45) is -4.58. The molecular formula is C8H6ClF4N. The van der Waals surface area contributed by atoms with E-state index in [1.807, 2.05) is 0 Å². The highest BCUT2D eigenvalue weighted by molar-refractivity contribution is 6.31. The predicted molar refractivity (Wildman–Crippen MR) is 44.4 cm³/mol. The average molecular weight is 228 g/mol. The van der Waals surface area contributed by atoms with Gasteiger partial charge >= 0.3 is 6.18 Å². The van der Waals surface area contributed by atoms with Crippen molar-refractivity contribution in [2.24, 2.45) is 5.73 Å². The fourth-order valence-electron chi connectivity index (χ4n) is 0.930. The first kappa shape index (κ1) is 11.3. The second-order valence-electron chi connectivity index (χ2n) is 2.69. The van der Waals surface area contributed by atoms with Crippen LogP contribution in [-0.4, -0.2) is 6.18 Å². The highest BCUT2D eigenvalue weighted by atomic mass is 35.5. The van der Waals surface area contributed by atoms with Crippen molar-refractivity contribution in [3.63, 3.8) is 0 Å². The number of hydrogen-bond donors (Lipinski definition) is 1. The SMILES string of the molecule is N[C@@H](c1ccc(F)cc1Cl)C(F)(F)F. The normalized spacial score (nSPS) is 14.1. The van der Waals surface area contributed by atoms with Gasteiger partial charge in [-0.15, -0.1) is 0 Å². The standard InChI is InChI=1S/C8H6ClF4N/c9-6-3-4(10)1-2-5(6)7(14)8(11,12)13/h1-3,7H,14H2/t7-/m0/s1. The number of nitrogens with two attached hydrogens (primary N) is 1. The lowest BCUT2D eigenvalue weighted by molar-refractivity contribution is -0.149. The molecule has 6 heteroatoms. The molecule has 0 fully saturated rings. The molecule has 0 bridgehead atoms. The molecule has 0 spiro atoms. The molecule has 0 heterocycles. The summed E-state index contributed by atoms with van der Waals surface area (Å²) in [7, 11) is 0. The quantitative estimate of drug-likeness (QED) is 0.734. The molecule has 0 radical (unpaired) electrons. The van der Waals surface area contributed by atoms with Crippen molar-refractivity contribution in [2.75, 3.05) is 0 Å². The van der Waals surface area contributed by atoms with Crippen molar-refractivity contribution in [2.45, 2.75) is 12.2 Å². The average Bonchev–Trinajstić information content (AvgIpc) is 2.01. The molecule has 0 aliphatic heterocycles. The van der Waals surface area contributed by atoms with Gasteiger partial charge in [-0.1, -0.05) is 17.7 Å². The smallest absolute Gasteiger partial charge is 0.316 e. The van der Waals surface area contributed by atoms with Gasteiger partial charge in [0.05, 0.1) is 0 Å². The minimum Gasteiger partial charge on any atom is -0.316 e. The van der Waals surface area contributed by atoms with Crippen LogP contribution in [0.2, 0.25) is 5.02 Å². The van der Waals surface area contributed by atoms with E-state index >= 15 is 0 Å². The molecule has 14 heavy (non-hydrogen) atoms. The van der Waals surface area contributed by atoms with E-state index in [0.717, 1.165) is 18.2 Å². The summed E-state index contributed by atoms with van der Waals surface area (Å²) in [5.41, 5.74) is 4.56. The molecule has 0 aliphatic rings. The number of alkyl halides is 3. The number of halogens is 5. The zero-order valence-electron chi connectivity index (χ0n) is 6.78. The van der Waals surface area contributed by atoms with Crippen LogP contribution >= 0.6 is 11.6 Å². The first-order chi connectivity index (χ1) is 6.32. The van der Waals surface area contributed by atoms with Gasteiger partial charge in [0, 0.05) is 5.02 Å². The first-order valence-electron chi connectivity index (χ1n) is 3.59. The van der Waals surface area contributed by atoms with Crippen molar-refractivity contribution >= 4 is 11.6 Å². The van der Waals surface area contributed by atoms with E-state index in [1.54, 1.807) is 0 Å². The van der Waals surface area contributed by atoms with E-state index < -0.39 is 18.0 Å². The van der Waals surface area contributed by atoms with Crippen LogP contribution in [0, 0.1) is 5.82 Å². The van der Waals surface area contributed by atoms with E-state index in [1.165, 1.54) is 0 Å². The Kier molecular flexibility index (Phi) is 3.01. The van der Waals surface area contributed by atoms with Crippen LogP contribution in [0.3, 0.4) is 0 Å². The second-order valence-corrected chi connectivity index (χ2v) is 3.09. The molecule has 0 saturated carbocycles. The highest BCUT2D eigenvalue weighted by Gasteiger charge is 2.38. The van der Waals surface area contributed by atoms with Gasteiger partial charge in [0.25, 0.3) is 0 Å². The van der Waals surface area contributed by atoms with Crippen molar-refractivity contribution in [3.8, 4) is 0 Å². The topological polar surface area (TPSA) is 26.0 Å². The van der Waals surface area contributed by atoms with E-state index in [0.29, 0.717) is 0 Å². The molecule has 2 N–H and O–H groups in total. The summed E-state index contributed by atoms with van der Waals surface area (Å²) < 4.78 is 48.9. The van der Waals surface area contributed by atoms with Crippen LogP contribution in [-0.2, 0) is 0 Å². The predicted octanol–water partition coefficient (Wildman–Crippen LogP) is 3.04. The second kappa shape index (κ2) is 3.74. The van der Waals surface area contributed by atoms with Gasteiger partial charge in [-0.3, -0.25) is 0 Å². The monoisotopic (exact) mass is 227 g/mol. The minimum atomic E-state index is -4.58. The summed E-state index contributed by atoms with van der Waals surface area (Å²) in [4.78, 5) is 0. The Hall–Kier alpha value is -0.810. The van der Waals surface area contributed by atoms with Crippen LogP contribution in [0.25, 0.3) is 0 Å². The Labute approximate surface area is 82.5 Å². The van der Waals surface area contributed by atoms with Crippen LogP contribution in [0.4, 0.5) is 17.6 Å². The number of hydrogen-bond acceptors (Lipinski definition) is 1. The molecule has 1 rings (SSSR count). The van der Waals surface area contributed by atoms with E-state index in [9.17, 15) is 17.6 Å². The van der Waals surface area contributed by atoms with Crippen LogP contribution in [0.1, 0.15) is 11.6 Å². The molecule has 0 saturated heterocycles.